The predicted molar refractivity (Wildman–Crippen MR) is 97.4 cm³/mol. The van der Waals surface area contributed by atoms with Crippen LogP contribution < -0.4 is 0 Å². The highest BCUT2D eigenvalue weighted by atomic mass is 19.4. The molecule has 0 bridgehead atoms. The van der Waals surface area contributed by atoms with Crippen molar-refractivity contribution in [3.8, 4) is 11.8 Å². The first-order valence-electron chi connectivity index (χ1n) is 8.01. The van der Waals surface area contributed by atoms with Crippen molar-refractivity contribution in [2.45, 2.75) is 6.18 Å². The van der Waals surface area contributed by atoms with Gasteiger partial charge >= 0.3 is 6.18 Å². The lowest BCUT2D eigenvalue weighted by Gasteiger charge is -2.11. The number of hydrogen-bond donors (Lipinski definition) is 0. The number of nitro benzene ring substituents is 1. The zero-order valence-corrected chi connectivity index (χ0v) is 14.2. The van der Waals surface area contributed by atoms with E-state index >= 15 is 0 Å². The number of benzene rings is 2. The first-order valence-corrected chi connectivity index (χ1v) is 8.01. The number of nitrogens with zero attached hydrogens (tertiary/aromatic N) is 3. The number of allylic oxidation sites excluding steroid dienone is 1. The molecule has 0 atom stereocenters. The van der Waals surface area contributed by atoms with Gasteiger partial charge in [0.1, 0.15) is 0 Å². The summed E-state index contributed by atoms with van der Waals surface area (Å²) in [6.45, 7) is 0. The van der Waals surface area contributed by atoms with E-state index < -0.39 is 16.7 Å². The van der Waals surface area contributed by atoms with E-state index in [9.17, 15) is 28.5 Å². The molecule has 0 aliphatic rings. The Kier molecular flexibility index (Phi) is 5.00. The van der Waals surface area contributed by atoms with Gasteiger partial charge in [-0.2, -0.15) is 18.4 Å². The van der Waals surface area contributed by atoms with Gasteiger partial charge < -0.3 is 4.57 Å². The normalized spacial score (nSPS) is 11.9. The Morgan fingerprint density at radius 3 is 2.54 bits per heavy atom. The van der Waals surface area contributed by atoms with Gasteiger partial charge in [0.05, 0.1) is 22.1 Å². The molecule has 0 N–H and O–H groups in total. The molecule has 0 unspecified atom stereocenters. The molecule has 28 heavy (non-hydrogen) atoms. The van der Waals surface area contributed by atoms with Crippen LogP contribution in [0.1, 0.15) is 16.8 Å². The van der Waals surface area contributed by atoms with Gasteiger partial charge in [0.25, 0.3) is 5.69 Å². The van der Waals surface area contributed by atoms with Gasteiger partial charge in [0, 0.05) is 29.7 Å². The number of nitriles is 1. The number of hydrogen-bond acceptors (Lipinski definition) is 3. The van der Waals surface area contributed by atoms with Crippen molar-refractivity contribution in [2.24, 2.45) is 0 Å². The molecule has 5 nitrogen and oxygen atoms in total. The van der Waals surface area contributed by atoms with Gasteiger partial charge in [-0.3, -0.25) is 10.1 Å². The smallest absolute Gasteiger partial charge is 0.317 e. The summed E-state index contributed by atoms with van der Waals surface area (Å²) >= 11 is 0. The van der Waals surface area contributed by atoms with E-state index in [4.69, 9.17) is 0 Å². The standard InChI is InChI=1S/C20H12F3N3O2/c21-20(22,23)16-5-2-6-18(12-16)25-9-3-8-17(25)11-15(13-24)14-4-1-7-19(10-14)26(27)28/h1-12H/b15-11-. The zero-order valence-electron chi connectivity index (χ0n) is 14.2. The Labute approximate surface area is 157 Å². The number of alkyl halides is 3. The van der Waals surface area contributed by atoms with Crippen LogP contribution in [0.5, 0.6) is 0 Å². The third kappa shape index (κ3) is 3.94. The van der Waals surface area contributed by atoms with Crippen LogP contribution in [0, 0.1) is 21.4 Å². The molecule has 1 heterocycles. The second-order valence-corrected chi connectivity index (χ2v) is 5.83. The lowest BCUT2D eigenvalue weighted by Crippen LogP contribution is -2.06. The highest BCUT2D eigenvalue weighted by Crippen LogP contribution is 2.31. The van der Waals surface area contributed by atoms with Crippen LogP contribution in [0.3, 0.4) is 0 Å². The monoisotopic (exact) mass is 383 g/mol. The van der Waals surface area contributed by atoms with Crippen molar-refractivity contribution >= 4 is 17.3 Å². The van der Waals surface area contributed by atoms with Gasteiger partial charge in [-0.15, -0.1) is 0 Å². The van der Waals surface area contributed by atoms with Crippen molar-refractivity contribution in [1.82, 2.24) is 4.57 Å². The molecule has 0 aliphatic heterocycles. The van der Waals surface area contributed by atoms with Crippen LogP contribution in [0.25, 0.3) is 17.3 Å². The fraction of sp³-hybridized carbons (Fsp3) is 0.0500. The molecular formula is C20H12F3N3O2. The molecule has 0 radical (unpaired) electrons. The minimum absolute atomic E-state index is 0.149. The summed E-state index contributed by atoms with van der Waals surface area (Å²) in [6.07, 6.45) is -1.43. The molecule has 3 aromatic rings. The summed E-state index contributed by atoms with van der Waals surface area (Å²) < 4.78 is 40.4. The Morgan fingerprint density at radius 2 is 1.86 bits per heavy atom. The minimum Gasteiger partial charge on any atom is -0.317 e. The lowest BCUT2D eigenvalue weighted by atomic mass is 10.1. The number of aromatic nitrogens is 1. The Hall–Kier alpha value is -3.86. The van der Waals surface area contributed by atoms with Crippen molar-refractivity contribution < 1.29 is 18.1 Å². The molecule has 8 heteroatoms. The van der Waals surface area contributed by atoms with Crippen molar-refractivity contribution in [2.75, 3.05) is 0 Å². The van der Waals surface area contributed by atoms with Crippen LogP contribution in [-0.2, 0) is 6.18 Å². The number of rotatable bonds is 4. The topological polar surface area (TPSA) is 71.9 Å². The summed E-state index contributed by atoms with van der Waals surface area (Å²) in [5.74, 6) is 0. The van der Waals surface area contributed by atoms with E-state index in [1.165, 1.54) is 41.0 Å². The number of non-ortho nitro benzene ring substituents is 1. The van der Waals surface area contributed by atoms with Crippen LogP contribution in [0.15, 0.2) is 66.9 Å². The van der Waals surface area contributed by atoms with Crippen molar-refractivity contribution in [1.29, 1.82) is 5.26 Å². The summed E-state index contributed by atoms with van der Waals surface area (Å²) in [5.41, 5.74) is 0.286. The highest BCUT2D eigenvalue weighted by molar-refractivity contribution is 5.89. The molecule has 2 aromatic carbocycles. The fourth-order valence-electron chi connectivity index (χ4n) is 2.69. The van der Waals surface area contributed by atoms with Crippen LogP contribution >= 0.6 is 0 Å². The molecule has 0 aliphatic carbocycles. The van der Waals surface area contributed by atoms with Gasteiger partial charge in [-0.1, -0.05) is 18.2 Å². The number of halogens is 3. The third-order valence-corrected chi connectivity index (χ3v) is 4.01. The molecule has 3 rings (SSSR count). The number of nitro groups is 1. The second-order valence-electron chi connectivity index (χ2n) is 5.83. The Bertz CT molecular complexity index is 1110. The Balaban J connectivity index is 2.05. The highest BCUT2D eigenvalue weighted by Gasteiger charge is 2.30. The van der Waals surface area contributed by atoms with Gasteiger partial charge in [-0.25, -0.2) is 0 Å². The van der Waals surface area contributed by atoms with E-state index in [0.29, 0.717) is 11.3 Å². The first-order chi connectivity index (χ1) is 13.3. The van der Waals surface area contributed by atoms with Gasteiger partial charge in [0.15, 0.2) is 0 Å². The average molecular weight is 383 g/mol. The SMILES string of the molecule is N#C/C(=C/c1cccn1-c1cccc(C(F)(F)F)c1)c1cccc([N+](=O)[O-])c1. The summed E-state index contributed by atoms with van der Waals surface area (Å²) in [4.78, 5) is 10.4. The lowest BCUT2D eigenvalue weighted by molar-refractivity contribution is -0.384. The summed E-state index contributed by atoms with van der Waals surface area (Å²) in [5, 5.41) is 20.4. The molecular weight excluding hydrogens is 371 g/mol. The maximum absolute atomic E-state index is 13.0. The van der Waals surface area contributed by atoms with E-state index in [1.807, 2.05) is 6.07 Å². The molecule has 0 saturated heterocycles. The van der Waals surface area contributed by atoms with Gasteiger partial charge in [0.2, 0.25) is 0 Å². The van der Waals surface area contributed by atoms with Crippen LogP contribution in [-0.4, -0.2) is 9.49 Å². The second kappa shape index (κ2) is 7.40. The van der Waals surface area contributed by atoms with Crippen molar-refractivity contribution in [3.05, 3.63) is 93.8 Å². The minimum atomic E-state index is -4.47. The first kappa shape index (κ1) is 18.9. The fourth-order valence-corrected chi connectivity index (χ4v) is 2.69. The van der Waals surface area contributed by atoms with Crippen molar-refractivity contribution in [3.63, 3.8) is 0 Å². The maximum atomic E-state index is 13.0. The van der Waals surface area contributed by atoms with Crippen LogP contribution in [0.4, 0.5) is 18.9 Å². The molecule has 140 valence electrons. The maximum Gasteiger partial charge on any atom is 0.416 e. The molecule has 0 fully saturated rings. The quantitative estimate of drug-likeness (QED) is 0.341. The average Bonchev–Trinajstić information content (AvgIpc) is 3.14. The molecule has 0 saturated carbocycles. The summed E-state index contributed by atoms with van der Waals surface area (Å²) in [7, 11) is 0. The van der Waals surface area contributed by atoms with E-state index in [2.05, 4.69) is 0 Å². The molecule has 1 aromatic heterocycles. The Morgan fingerprint density at radius 1 is 1.11 bits per heavy atom. The molecule has 0 amide bonds. The zero-order chi connectivity index (χ0) is 20.3. The van der Waals surface area contributed by atoms with Gasteiger partial charge in [-0.05, 0) is 42.0 Å². The molecule has 0 spiro atoms. The predicted octanol–water partition coefficient (Wildman–Crippen LogP) is 5.47. The van der Waals surface area contributed by atoms with Crippen LogP contribution in [0.2, 0.25) is 0 Å². The largest absolute Gasteiger partial charge is 0.416 e. The third-order valence-electron chi connectivity index (χ3n) is 4.01. The van der Waals surface area contributed by atoms with E-state index in [-0.39, 0.29) is 16.9 Å². The summed E-state index contributed by atoms with van der Waals surface area (Å²) in [6, 6.07) is 15.7. The van der Waals surface area contributed by atoms with E-state index in [1.54, 1.807) is 24.4 Å². The van der Waals surface area contributed by atoms with E-state index in [0.717, 1.165) is 12.1 Å².